The summed E-state index contributed by atoms with van der Waals surface area (Å²) in [4.78, 5) is 1.37. The first-order valence-electron chi connectivity index (χ1n) is 8.20. The molecule has 0 aromatic heterocycles. The highest BCUT2D eigenvalue weighted by Gasteiger charge is 2.20. The van der Waals surface area contributed by atoms with Crippen molar-refractivity contribution in [3.05, 3.63) is 28.8 Å². The molecule has 0 saturated heterocycles. The van der Waals surface area contributed by atoms with Crippen LogP contribution in [0.5, 0.6) is 0 Å². The first-order valence-corrected chi connectivity index (χ1v) is 9.46. The number of benzene rings is 1. The van der Waals surface area contributed by atoms with Gasteiger partial charge in [0.05, 0.1) is 0 Å². The maximum Gasteiger partial charge on any atom is 0.0417 e. The highest BCUT2D eigenvalue weighted by atomic mass is 35.5. The minimum Gasteiger partial charge on any atom is -0.312 e. The van der Waals surface area contributed by atoms with Crippen molar-refractivity contribution in [1.82, 2.24) is 5.32 Å². The molecule has 1 nitrogen and oxygen atoms in total. The maximum atomic E-state index is 6.21. The van der Waals surface area contributed by atoms with Crippen molar-refractivity contribution in [1.29, 1.82) is 0 Å². The largest absolute Gasteiger partial charge is 0.312 e. The molecule has 1 aromatic carbocycles. The Balaban J connectivity index is 2.00. The van der Waals surface area contributed by atoms with E-state index in [1.807, 2.05) is 17.8 Å². The molecule has 1 aliphatic carbocycles. The second kappa shape index (κ2) is 8.45. The van der Waals surface area contributed by atoms with Gasteiger partial charge in [0, 0.05) is 21.7 Å². The molecule has 0 aliphatic heterocycles. The van der Waals surface area contributed by atoms with Gasteiger partial charge in [0.25, 0.3) is 0 Å². The predicted octanol–water partition coefficient (Wildman–Crippen LogP) is 5.76. The van der Waals surface area contributed by atoms with Crippen LogP contribution in [-0.4, -0.2) is 11.8 Å². The van der Waals surface area contributed by atoms with Gasteiger partial charge >= 0.3 is 0 Å². The SMILES string of the molecule is CC(C)CNCc1ccc(Cl)cc1SC1CCCC(C)C1. The molecule has 1 aromatic rings. The molecule has 118 valence electrons. The van der Waals surface area contributed by atoms with Crippen LogP contribution in [0.2, 0.25) is 5.02 Å². The van der Waals surface area contributed by atoms with Gasteiger partial charge in [-0.3, -0.25) is 0 Å². The molecule has 1 N–H and O–H groups in total. The fourth-order valence-electron chi connectivity index (χ4n) is 2.94. The van der Waals surface area contributed by atoms with Gasteiger partial charge in [-0.05, 0) is 48.9 Å². The van der Waals surface area contributed by atoms with Crippen LogP contribution < -0.4 is 5.32 Å². The molecule has 2 atom stereocenters. The first-order chi connectivity index (χ1) is 10.0. The Morgan fingerprint density at radius 1 is 1.33 bits per heavy atom. The summed E-state index contributed by atoms with van der Waals surface area (Å²) in [6, 6.07) is 6.35. The summed E-state index contributed by atoms with van der Waals surface area (Å²) in [6.45, 7) is 8.88. The molecule has 0 heterocycles. The van der Waals surface area contributed by atoms with Crippen molar-refractivity contribution in [2.24, 2.45) is 11.8 Å². The van der Waals surface area contributed by atoms with Gasteiger partial charge in [-0.1, -0.05) is 51.3 Å². The lowest BCUT2D eigenvalue weighted by atomic mass is 9.91. The number of hydrogen-bond acceptors (Lipinski definition) is 2. The smallest absolute Gasteiger partial charge is 0.0417 e. The normalized spacial score (nSPS) is 22.7. The molecule has 2 rings (SSSR count). The average Bonchev–Trinajstić information content (AvgIpc) is 2.41. The van der Waals surface area contributed by atoms with Gasteiger partial charge in [-0.15, -0.1) is 11.8 Å². The van der Waals surface area contributed by atoms with Crippen LogP contribution >= 0.6 is 23.4 Å². The summed E-state index contributed by atoms with van der Waals surface area (Å²) in [5.74, 6) is 1.56. The van der Waals surface area contributed by atoms with E-state index in [-0.39, 0.29) is 0 Å². The molecule has 1 fully saturated rings. The summed E-state index contributed by atoms with van der Waals surface area (Å²) >= 11 is 8.26. The van der Waals surface area contributed by atoms with Crippen molar-refractivity contribution in [3.8, 4) is 0 Å². The minimum atomic E-state index is 0.688. The standard InChI is InChI=1S/C18H28ClNS/c1-13(2)11-20-12-15-7-8-16(19)10-18(15)21-17-6-4-5-14(3)9-17/h7-8,10,13-14,17,20H,4-6,9,11-12H2,1-3H3. The van der Waals surface area contributed by atoms with E-state index in [4.69, 9.17) is 11.6 Å². The van der Waals surface area contributed by atoms with E-state index in [1.54, 1.807) is 0 Å². The van der Waals surface area contributed by atoms with Gasteiger partial charge in [0.1, 0.15) is 0 Å². The summed E-state index contributed by atoms with van der Waals surface area (Å²) in [5.41, 5.74) is 1.39. The molecular weight excluding hydrogens is 298 g/mol. The van der Waals surface area contributed by atoms with Crippen LogP contribution in [-0.2, 0) is 6.54 Å². The van der Waals surface area contributed by atoms with Crippen molar-refractivity contribution >= 4 is 23.4 Å². The fourth-order valence-corrected chi connectivity index (χ4v) is 4.74. The maximum absolute atomic E-state index is 6.21. The third kappa shape index (κ3) is 5.84. The van der Waals surface area contributed by atoms with Crippen molar-refractivity contribution in [3.63, 3.8) is 0 Å². The van der Waals surface area contributed by atoms with E-state index in [9.17, 15) is 0 Å². The van der Waals surface area contributed by atoms with E-state index in [0.717, 1.165) is 29.3 Å². The van der Waals surface area contributed by atoms with Gasteiger partial charge in [-0.2, -0.15) is 0 Å². The lowest BCUT2D eigenvalue weighted by Gasteiger charge is -2.27. The van der Waals surface area contributed by atoms with Crippen LogP contribution in [0.3, 0.4) is 0 Å². The number of hydrogen-bond donors (Lipinski definition) is 1. The van der Waals surface area contributed by atoms with E-state index < -0.39 is 0 Å². The summed E-state index contributed by atoms with van der Waals surface area (Å²) in [5, 5.41) is 5.17. The van der Waals surface area contributed by atoms with Crippen molar-refractivity contribution in [2.75, 3.05) is 6.54 Å². The zero-order chi connectivity index (χ0) is 15.2. The molecule has 1 saturated carbocycles. The number of nitrogens with one attached hydrogen (secondary N) is 1. The van der Waals surface area contributed by atoms with Gasteiger partial charge < -0.3 is 5.32 Å². The van der Waals surface area contributed by atoms with Crippen LogP contribution in [0.1, 0.15) is 52.0 Å². The van der Waals surface area contributed by atoms with Gasteiger partial charge in [-0.25, -0.2) is 0 Å². The van der Waals surface area contributed by atoms with Crippen LogP contribution in [0.4, 0.5) is 0 Å². The second-order valence-corrected chi connectivity index (χ2v) is 8.57. The lowest BCUT2D eigenvalue weighted by Crippen LogP contribution is -2.20. The Hall–Kier alpha value is -0.180. The highest BCUT2D eigenvalue weighted by molar-refractivity contribution is 8.00. The molecule has 0 spiro atoms. The minimum absolute atomic E-state index is 0.688. The molecule has 2 unspecified atom stereocenters. The van der Waals surface area contributed by atoms with Gasteiger partial charge in [0.2, 0.25) is 0 Å². The second-order valence-electron chi connectivity index (χ2n) is 6.79. The Morgan fingerprint density at radius 2 is 2.14 bits per heavy atom. The average molecular weight is 326 g/mol. The third-order valence-corrected chi connectivity index (χ3v) is 5.71. The Labute approximate surface area is 139 Å². The van der Waals surface area contributed by atoms with Crippen LogP contribution in [0, 0.1) is 11.8 Å². The summed E-state index contributed by atoms with van der Waals surface area (Å²) in [7, 11) is 0. The molecular formula is C18H28ClNS. The number of halogens is 1. The first kappa shape index (κ1) is 17.2. The van der Waals surface area contributed by atoms with Crippen molar-refractivity contribution in [2.45, 2.75) is 63.1 Å². The van der Waals surface area contributed by atoms with E-state index in [0.29, 0.717) is 5.92 Å². The fraction of sp³-hybridized carbons (Fsp3) is 0.667. The van der Waals surface area contributed by atoms with Crippen LogP contribution in [0.25, 0.3) is 0 Å². The quantitative estimate of drug-likeness (QED) is 0.714. The third-order valence-electron chi connectivity index (χ3n) is 4.08. The number of thioether (sulfide) groups is 1. The molecule has 21 heavy (non-hydrogen) atoms. The van der Waals surface area contributed by atoms with Crippen LogP contribution in [0.15, 0.2) is 23.1 Å². The van der Waals surface area contributed by atoms with E-state index in [2.05, 4.69) is 38.2 Å². The molecule has 1 aliphatic rings. The zero-order valence-corrected chi connectivity index (χ0v) is 15.1. The Bertz CT molecular complexity index is 447. The summed E-state index contributed by atoms with van der Waals surface area (Å²) in [6.07, 6.45) is 5.46. The monoisotopic (exact) mass is 325 g/mol. The van der Waals surface area contributed by atoms with Gasteiger partial charge in [0.15, 0.2) is 0 Å². The highest BCUT2D eigenvalue weighted by Crippen LogP contribution is 2.38. The molecule has 0 amide bonds. The molecule has 3 heteroatoms. The molecule has 0 bridgehead atoms. The van der Waals surface area contributed by atoms with E-state index in [1.165, 1.54) is 36.1 Å². The van der Waals surface area contributed by atoms with E-state index >= 15 is 0 Å². The predicted molar refractivity (Wildman–Crippen MR) is 95.3 cm³/mol. The molecule has 0 radical (unpaired) electrons. The van der Waals surface area contributed by atoms with Crippen molar-refractivity contribution < 1.29 is 0 Å². The Morgan fingerprint density at radius 3 is 2.86 bits per heavy atom. The topological polar surface area (TPSA) is 12.0 Å². The number of rotatable bonds is 6. The summed E-state index contributed by atoms with van der Waals surface area (Å²) < 4.78 is 0. The Kier molecular flexibility index (Phi) is 6.91. The lowest BCUT2D eigenvalue weighted by molar-refractivity contribution is 0.394. The zero-order valence-electron chi connectivity index (χ0n) is 13.5.